The lowest BCUT2D eigenvalue weighted by atomic mass is 9.89. The summed E-state index contributed by atoms with van der Waals surface area (Å²) < 4.78 is 2.51. The maximum Gasteiger partial charge on any atom is 0.332 e. The highest BCUT2D eigenvalue weighted by molar-refractivity contribution is 7.99. The molecule has 0 aromatic carbocycles. The van der Waals surface area contributed by atoms with E-state index in [1.165, 1.54) is 29.8 Å². The van der Waals surface area contributed by atoms with Crippen molar-refractivity contribution in [2.45, 2.75) is 43.0 Å². The zero-order valence-electron chi connectivity index (χ0n) is 13.9. The second kappa shape index (κ2) is 6.81. The number of rotatable bonds is 3. The van der Waals surface area contributed by atoms with Gasteiger partial charge in [0.2, 0.25) is 0 Å². The Kier molecular flexibility index (Phi) is 4.76. The number of nitrogens with zero attached hydrogens (tertiary/aromatic N) is 4. The molecule has 2 aromatic rings. The average molecular weight is 344 g/mol. The van der Waals surface area contributed by atoms with Crippen LogP contribution >= 0.6 is 11.8 Å². The number of aromatic nitrogens is 4. The lowest BCUT2D eigenvalue weighted by molar-refractivity contribution is 0.427. The summed E-state index contributed by atoms with van der Waals surface area (Å²) in [5.74, 6) is 4.00. The van der Waals surface area contributed by atoms with Gasteiger partial charge in [0, 0.05) is 20.0 Å². The third-order valence-corrected chi connectivity index (χ3v) is 5.43. The summed E-state index contributed by atoms with van der Waals surface area (Å²) in [6.07, 6.45) is 11.0. The molecule has 1 fully saturated rings. The molecular formula is C17H20N4O2S. The zero-order valence-corrected chi connectivity index (χ0v) is 14.7. The summed E-state index contributed by atoms with van der Waals surface area (Å²) in [6, 6.07) is 0. The third-order valence-electron chi connectivity index (χ3n) is 4.55. The smallest absolute Gasteiger partial charge is 0.280 e. The van der Waals surface area contributed by atoms with E-state index in [0.717, 1.165) is 36.1 Å². The van der Waals surface area contributed by atoms with Gasteiger partial charge in [0.05, 0.1) is 5.75 Å². The van der Waals surface area contributed by atoms with E-state index >= 15 is 0 Å². The minimum absolute atomic E-state index is 0.285. The second-order valence-electron chi connectivity index (χ2n) is 6.12. The second-order valence-corrected chi connectivity index (χ2v) is 7.08. The Morgan fingerprint density at radius 1 is 1.17 bits per heavy atom. The molecule has 0 spiro atoms. The molecule has 0 saturated heterocycles. The lowest BCUT2D eigenvalue weighted by Gasteiger charge is -2.21. The average Bonchev–Trinajstić information content (AvgIpc) is 2.62. The number of fused-ring (bicyclic) bond motifs is 1. The van der Waals surface area contributed by atoms with Crippen LogP contribution in [0, 0.1) is 12.3 Å². The van der Waals surface area contributed by atoms with E-state index in [-0.39, 0.29) is 17.2 Å². The molecule has 3 rings (SSSR count). The zero-order chi connectivity index (χ0) is 17.3. The minimum atomic E-state index is -0.381. The first-order valence-corrected chi connectivity index (χ1v) is 9.07. The van der Waals surface area contributed by atoms with Gasteiger partial charge in [-0.25, -0.2) is 14.8 Å². The predicted octanol–water partition coefficient (Wildman–Crippen LogP) is 1.80. The lowest BCUT2D eigenvalue weighted by Crippen LogP contribution is -2.38. The molecular weight excluding hydrogens is 324 g/mol. The van der Waals surface area contributed by atoms with Gasteiger partial charge in [0.1, 0.15) is 16.2 Å². The standard InChI is InChI=1S/C17H20N4O2S/c1-4-10-24-15-12-14(20(2)17(23)21(3)16(12)22)18-13(19-15)11-8-6-5-7-9-11/h1,11H,5-10H2,2-3H3. The maximum atomic E-state index is 12.6. The van der Waals surface area contributed by atoms with E-state index in [9.17, 15) is 9.59 Å². The van der Waals surface area contributed by atoms with Crippen molar-refractivity contribution in [2.75, 3.05) is 5.75 Å². The van der Waals surface area contributed by atoms with Crippen molar-refractivity contribution >= 4 is 22.8 Å². The molecule has 0 atom stereocenters. The van der Waals surface area contributed by atoms with Crippen molar-refractivity contribution < 1.29 is 0 Å². The van der Waals surface area contributed by atoms with Gasteiger partial charge in [-0.05, 0) is 12.8 Å². The van der Waals surface area contributed by atoms with Gasteiger partial charge < -0.3 is 0 Å². The maximum absolute atomic E-state index is 12.6. The molecule has 0 bridgehead atoms. The monoisotopic (exact) mass is 344 g/mol. The Labute approximate surface area is 144 Å². The van der Waals surface area contributed by atoms with Gasteiger partial charge in [-0.2, -0.15) is 0 Å². The highest BCUT2D eigenvalue weighted by atomic mass is 32.2. The number of terminal acetylenes is 1. The number of aryl methyl sites for hydroxylation is 1. The quantitative estimate of drug-likeness (QED) is 0.482. The van der Waals surface area contributed by atoms with E-state index in [4.69, 9.17) is 6.42 Å². The molecule has 0 unspecified atom stereocenters. The van der Waals surface area contributed by atoms with Crippen LogP contribution in [0.15, 0.2) is 14.6 Å². The number of hydrogen-bond acceptors (Lipinski definition) is 5. The molecule has 0 amide bonds. The number of thioether (sulfide) groups is 1. The van der Waals surface area contributed by atoms with E-state index in [0.29, 0.717) is 21.8 Å². The fourth-order valence-corrected chi connectivity index (χ4v) is 3.90. The fourth-order valence-electron chi connectivity index (χ4n) is 3.20. The van der Waals surface area contributed by atoms with Crippen molar-refractivity contribution in [1.82, 2.24) is 19.1 Å². The molecule has 24 heavy (non-hydrogen) atoms. The first-order chi connectivity index (χ1) is 11.5. The SMILES string of the molecule is C#CCSc1nc(C2CCCCC2)nc2c1c(=O)n(C)c(=O)n2C. The van der Waals surface area contributed by atoms with Crippen LogP contribution in [0.25, 0.3) is 11.0 Å². The first kappa shape index (κ1) is 16.8. The molecule has 1 aliphatic carbocycles. The van der Waals surface area contributed by atoms with Gasteiger partial charge in [-0.1, -0.05) is 36.9 Å². The first-order valence-electron chi connectivity index (χ1n) is 8.08. The fraction of sp³-hybridized carbons (Fsp3) is 0.529. The van der Waals surface area contributed by atoms with E-state index < -0.39 is 0 Å². The molecule has 1 saturated carbocycles. The summed E-state index contributed by atoms with van der Waals surface area (Å²) in [5.41, 5.74) is -0.352. The summed E-state index contributed by atoms with van der Waals surface area (Å²) in [5, 5.41) is 0.953. The van der Waals surface area contributed by atoms with Crippen LogP contribution in [0.1, 0.15) is 43.8 Å². The topological polar surface area (TPSA) is 69.8 Å². The molecule has 126 valence electrons. The predicted molar refractivity (Wildman–Crippen MR) is 95.4 cm³/mol. The molecule has 2 aromatic heterocycles. The van der Waals surface area contributed by atoms with Crippen molar-refractivity contribution in [3.63, 3.8) is 0 Å². The van der Waals surface area contributed by atoms with Crippen LogP contribution in [0.3, 0.4) is 0 Å². The van der Waals surface area contributed by atoms with Crippen LogP contribution in [0.5, 0.6) is 0 Å². The summed E-state index contributed by atoms with van der Waals surface area (Å²) in [7, 11) is 3.10. The van der Waals surface area contributed by atoms with Crippen LogP contribution in [0.2, 0.25) is 0 Å². The van der Waals surface area contributed by atoms with Gasteiger partial charge in [-0.15, -0.1) is 6.42 Å². The Bertz CT molecular complexity index is 933. The Morgan fingerprint density at radius 3 is 2.54 bits per heavy atom. The molecule has 6 nitrogen and oxygen atoms in total. The number of hydrogen-bond donors (Lipinski definition) is 0. The molecule has 7 heteroatoms. The van der Waals surface area contributed by atoms with Crippen molar-refractivity contribution in [3.8, 4) is 12.3 Å². The van der Waals surface area contributed by atoms with Gasteiger partial charge in [0.15, 0.2) is 5.65 Å². The molecule has 0 aliphatic heterocycles. The van der Waals surface area contributed by atoms with E-state index in [1.54, 1.807) is 7.05 Å². The molecule has 1 aliphatic rings. The van der Waals surface area contributed by atoms with Gasteiger partial charge >= 0.3 is 5.69 Å². The van der Waals surface area contributed by atoms with Crippen molar-refractivity contribution in [1.29, 1.82) is 0 Å². The van der Waals surface area contributed by atoms with Crippen molar-refractivity contribution in [2.24, 2.45) is 14.1 Å². The summed E-state index contributed by atoms with van der Waals surface area (Å²) >= 11 is 1.35. The highest BCUT2D eigenvalue weighted by Crippen LogP contribution is 2.32. The third kappa shape index (κ3) is 2.86. The van der Waals surface area contributed by atoms with E-state index in [1.807, 2.05) is 0 Å². The minimum Gasteiger partial charge on any atom is -0.280 e. The van der Waals surface area contributed by atoms with Gasteiger partial charge in [-0.3, -0.25) is 13.9 Å². The Morgan fingerprint density at radius 2 is 1.88 bits per heavy atom. The Balaban J connectivity index is 2.28. The van der Waals surface area contributed by atoms with Crippen LogP contribution in [0.4, 0.5) is 0 Å². The summed E-state index contributed by atoms with van der Waals surface area (Å²) in [4.78, 5) is 34.1. The highest BCUT2D eigenvalue weighted by Gasteiger charge is 2.23. The molecule has 0 N–H and O–H groups in total. The summed E-state index contributed by atoms with van der Waals surface area (Å²) in [6.45, 7) is 0. The molecule has 2 heterocycles. The van der Waals surface area contributed by atoms with Crippen LogP contribution in [-0.2, 0) is 14.1 Å². The molecule has 0 radical (unpaired) electrons. The van der Waals surface area contributed by atoms with Crippen LogP contribution < -0.4 is 11.2 Å². The van der Waals surface area contributed by atoms with Gasteiger partial charge in [0.25, 0.3) is 5.56 Å². The van der Waals surface area contributed by atoms with Crippen molar-refractivity contribution in [3.05, 3.63) is 26.7 Å². The normalized spacial score (nSPS) is 15.5. The van der Waals surface area contributed by atoms with E-state index in [2.05, 4.69) is 15.9 Å². The Hall–Kier alpha value is -2.07. The largest absolute Gasteiger partial charge is 0.332 e. The van der Waals surface area contributed by atoms with Crippen LogP contribution in [-0.4, -0.2) is 24.9 Å².